The molecule has 4 rings (SSSR count). The third kappa shape index (κ3) is 5.38. The molecule has 0 atom stereocenters. The zero-order valence-corrected chi connectivity index (χ0v) is 19.1. The maximum atomic E-state index is 13.1. The Morgan fingerprint density at radius 1 is 0.943 bits per heavy atom. The fourth-order valence-electron chi connectivity index (χ4n) is 3.34. The topological polar surface area (TPSA) is 59.6 Å². The van der Waals surface area contributed by atoms with E-state index in [0.29, 0.717) is 22.4 Å². The fraction of sp³-hybridized carbons (Fsp3) is 0.0769. The van der Waals surface area contributed by atoms with Gasteiger partial charge >= 0.3 is 6.18 Å². The van der Waals surface area contributed by atoms with Crippen molar-refractivity contribution in [1.29, 1.82) is 0 Å². The van der Waals surface area contributed by atoms with Gasteiger partial charge in [-0.2, -0.15) is 23.4 Å². The molecule has 1 heterocycles. The second kappa shape index (κ2) is 10.1. The van der Waals surface area contributed by atoms with Crippen LogP contribution in [0, 0.1) is 6.92 Å². The Labute approximate surface area is 204 Å². The summed E-state index contributed by atoms with van der Waals surface area (Å²) in [6, 6.07) is 22.3. The molecule has 9 heteroatoms. The van der Waals surface area contributed by atoms with Crippen molar-refractivity contribution >= 4 is 29.3 Å². The second-order valence-corrected chi connectivity index (χ2v) is 7.86. The Morgan fingerprint density at radius 2 is 1.57 bits per heavy atom. The molecule has 0 saturated heterocycles. The summed E-state index contributed by atoms with van der Waals surface area (Å²) < 4.78 is 40.5. The zero-order valence-electron chi connectivity index (χ0n) is 18.4. The molecule has 4 aromatic rings. The van der Waals surface area contributed by atoms with E-state index in [2.05, 4.69) is 15.3 Å². The summed E-state index contributed by atoms with van der Waals surface area (Å²) in [6.07, 6.45) is -3.17. The van der Waals surface area contributed by atoms with Crippen LogP contribution in [0.15, 0.2) is 95.1 Å². The van der Waals surface area contributed by atoms with Gasteiger partial charge in [-0.25, -0.2) is 4.68 Å². The first-order valence-electron chi connectivity index (χ1n) is 10.4. The molecule has 0 aliphatic rings. The number of carbonyl (C=O) groups is 1. The Hall–Kier alpha value is -4.04. The van der Waals surface area contributed by atoms with E-state index in [9.17, 15) is 18.0 Å². The number of ketones is 1. The first-order valence-corrected chi connectivity index (χ1v) is 10.8. The minimum Gasteiger partial charge on any atom is -0.287 e. The third-order valence-electron chi connectivity index (χ3n) is 5.11. The lowest BCUT2D eigenvalue weighted by Gasteiger charge is -2.09. The summed E-state index contributed by atoms with van der Waals surface area (Å²) >= 11 is 6.43. The molecule has 0 spiro atoms. The van der Waals surface area contributed by atoms with Crippen LogP contribution in [0.1, 0.15) is 32.7 Å². The van der Waals surface area contributed by atoms with Crippen LogP contribution in [-0.4, -0.2) is 27.5 Å². The van der Waals surface area contributed by atoms with Crippen molar-refractivity contribution in [2.75, 3.05) is 0 Å². The molecule has 0 saturated carbocycles. The van der Waals surface area contributed by atoms with Crippen molar-refractivity contribution in [2.45, 2.75) is 13.1 Å². The smallest absolute Gasteiger partial charge is 0.287 e. The number of hydrogen-bond acceptors (Lipinski definition) is 4. The zero-order chi connectivity index (χ0) is 25.0. The van der Waals surface area contributed by atoms with Crippen LogP contribution in [0.5, 0.6) is 0 Å². The average Bonchev–Trinajstić information content (AvgIpc) is 3.15. The molecule has 0 amide bonds. The highest BCUT2D eigenvalue weighted by Gasteiger charge is 2.31. The number of nitrogens with zero attached hydrogens (tertiary/aromatic N) is 4. The van der Waals surface area contributed by atoms with Gasteiger partial charge in [0.05, 0.1) is 28.7 Å². The Balaban J connectivity index is 1.70. The number of Topliss-reactive ketones (excluding diaryl/α,β-unsaturated/α-hetero) is 1. The van der Waals surface area contributed by atoms with Gasteiger partial charge in [-0.3, -0.25) is 4.79 Å². The number of aromatic nitrogens is 2. The minimum atomic E-state index is -4.50. The van der Waals surface area contributed by atoms with Gasteiger partial charge in [0.2, 0.25) is 5.78 Å². The van der Waals surface area contributed by atoms with Gasteiger partial charge in [0, 0.05) is 11.1 Å². The highest BCUT2D eigenvalue weighted by atomic mass is 35.5. The monoisotopic (exact) mass is 494 g/mol. The average molecular weight is 495 g/mol. The minimum absolute atomic E-state index is 0.0661. The third-order valence-corrected chi connectivity index (χ3v) is 5.47. The fourth-order valence-corrected chi connectivity index (χ4v) is 3.66. The number of aryl methyl sites for hydroxylation is 1. The van der Waals surface area contributed by atoms with Crippen LogP contribution >= 0.6 is 11.6 Å². The van der Waals surface area contributed by atoms with Gasteiger partial charge < -0.3 is 0 Å². The van der Waals surface area contributed by atoms with Crippen LogP contribution in [0.25, 0.3) is 5.69 Å². The molecule has 0 fully saturated rings. The van der Waals surface area contributed by atoms with Gasteiger partial charge in [0.1, 0.15) is 10.9 Å². The summed E-state index contributed by atoms with van der Waals surface area (Å²) in [5, 5.41) is 12.6. The van der Waals surface area contributed by atoms with Gasteiger partial charge in [-0.1, -0.05) is 78.3 Å². The van der Waals surface area contributed by atoms with Gasteiger partial charge in [-0.05, 0) is 25.1 Å². The van der Waals surface area contributed by atoms with E-state index in [-0.39, 0.29) is 22.3 Å². The lowest BCUT2D eigenvalue weighted by molar-refractivity contribution is -0.137. The van der Waals surface area contributed by atoms with Gasteiger partial charge in [0.25, 0.3) is 0 Å². The normalized spacial score (nSPS) is 12.3. The maximum Gasteiger partial charge on any atom is 0.416 e. The van der Waals surface area contributed by atoms with E-state index < -0.39 is 11.7 Å². The summed E-state index contributed by atoms with van der Waals surface area (Å²) in [6.45, 7) is 1.65. The van der Waals surface area contributed by atoms with Crippen molar-refractivity contribution in [3.63, 3.8) is 0 Å². The lowest BCUT2D eigenvalue weighted by atomic mass is 10.0. The molecule has 176 valence electrons. The highest BCUT2D eigenvalue weighted by Crippen LogP contribution is 2.31. The van der Waals surface area contributed by atoms with Gasteiger partial charge in [-0.15, -0.1) is 5.10 Å². The van der Waals surface area contributed by atoms with Crippen molar-refractivity contribution < 1.29 is 18.0 Å². The van der Waals surface area contributed by atoms with Gasteiger partial charge in [0.15, 0.2) is 0 Å². The Morgan fingerprint density at radius 3 is 2.20 bits per heavy atom. The molecular formula is C26H18ClF3N4O. The number of carbonyl (C=O) groups excluding carboxylic acids is 1. The predicted molar refractivity (Wildman–Crippen MR) is 130 cm³/mol. The lowest BCUT2D eigenvalue weighted by Crippen LogP contribution is -2.15. The van der Waals surface area contributed by atoms with E-state index in [4.69, 9.17) is 11.6 Å². The quantitative estimate of drug-likeness (QED) is 0.173. The van der Waals surface area contributed by atoms with E-state index in [0.717, 1.165) is 12.1 Å². The molecule has 0 N–H and O–H groups in total. The number of rotatable bonds is 6. The molecule has 0 unspecified atom stereocenters. The molecule has 0 bridgehead atoms. The van der Waals surface area contributed by atoms with Crippen LogP contribution in [0.2, 0.25) is 5.15 Å². The summed E-state index contributed by atoms with van der Waals surface area (Å²) in [4.78, 5) is 13.1. The van der Waals surface area contributed by atoms with Crippen molar-refractivity contribution in [2.24, 2.45) is 10.2 Å². The molecule has 0 aliphatic heterocycles. The van der Waals surface area contributed by atoms with E-state index in [1.165, 1.54) is 23.0 Å². The summed E-state index contributed by atoms with van der Waals surface area (Å²) in [5.41, 5.74) is 1.31. The summed E-state index contributed by atoms with van der Waals surface area (Å²) in [7, 11) is 0. The molecule has 35 heavy (non-hydrogen) atoms. The Kier molecular flexibility index (Phi) is 6.93. The largest absolute Gasteiger partial charge is 0.416 e. The Bertz CT molecular complexity index is 1410. The van der Waals surface area contributed by atoms with Crippen LogP contribution in [0.3, 0.4) is 0 Å². The maximum absolute atomic E-state index is 13.1. The van der Waals surface area contributed by atoms with E-state index >= 15 is 0 Å². The number of benzene rings is 3. The standard InChI is InChI=1S/C26H18ClF3N4O/c1-17-22(25(27)34(33-17)21-14-8-13-20(15-21)26(28,29)30)16-31-32-23(18-9-4-2-5-10-18)24(35)19-11-6-3-7-12-19/h2-16H,1H3/b31-16+,32-23+. The molecule has 5 nitrogen and oxygen atoms in total. The molecule has 0 radical (unpaired) electrons. The molecule has 1 aromatic heterocycles. The number of halogens is 4. The molecule has 3 aromatic carbocycles. The number of alkyl halides is 3. The van der Waals surface area contributed by atoms with Crippen molar-refractivity contribution in [3.05, 3.63) is 118 Å². The molecule has 0 aliphatic carbocycles. The highest BCUT2D eigenvalue weighted by molar-refractivity contribution is 6.51. The van der Waals surface area contributed by atoms with Crippen molar-refractivity contribution in [1.82, 2.24) is 9.78 Å². The first-order chi connectivity index (χ1) is 16.8. The number of hydrogen-bond donors (Lipinski definition) is 0. The van der Waals surface area contributed by atoms with Crippen LogP contribution in [-0.2, 0) is 6.18 Å². The van der Waals surface area contributed by atoms with Crippen LogP contribution < -0.4 is 0 Å². The van der Waals surface area contributed by atoms with Crippen LogP contribution in [0.4, 0.5) is 13.2 Å². The SMILES string of the molecule is Cc1nn(-c2cccc(C(F)(F)F)c2)c(Cl)c1/C=N/N=C(/C(=O)c1ccccc1)c1ccccc1. The first kappa shape index (κ1) is 24.1. The molecular weight excluding hydrogens is 477 g/mol. The second-order valence-electron chi connectivity index (χ2n) is 7.50. The predicted octanol–water partition coefficient (Wildman–Crippen LogP) is 6.56. The van der Waals surface area contributed by atoms with E-state index in [1.807, 2.05) is 6.07 Å². The van der Waals surface area contributed by atoms with Crippen molar-refractivity contribution in [3.8, 4) is 5.69 Å². The van der Waals surface area contributed by atoms with E-state index in [1.54, 1.807) is 61.5 Å². The summed E-state index contributed by atoms with van der Waals surface area (Å²) in [5.74, 6) is -0.309.